The molecule has 0 spiro atoms. The third-order valence-electron chi connectivity index (χ3n) is 2.41. The van der Waals surface area contributed by atoms with E-state index in [1.807, 2.05) is 54.7 Å². The molecular formula is C10H16N4O. The molecule has 0 aromatic heterocycles. The second-order valence-electron chi connectivity index (χ2n) is 3.25. The molecule has 1 aromatic rings. The average molecular weight is 208 g/mol. The van der Waals surface area contributed by atoms with Crippen molar-refractivity contribution in [3.8, 4) is 0 Å². The van der Waals surface area contributed by atoms with Crippen LogP contribution in [0, 0.1) is 0 Å². The third-order valence-corrected chi connectivity index (χ3v) is 2.41. The summed E-state index contributed by atoms with van der Waals surface area (Å²) in [6.45, 7) is 0.525. The highest BCUT2D eigenvalue weighted by atomic mass is 16.6. The van der Waals surface area contributed by atoms with Gasteiger partial charge in [0, 0.05) is 14.1 Å². The van der Waals surface area contributed by atoms with Gasteiger partial charge < -0.3 is 4.74 Å². The lowest BCUT2D eigenvalue weighted by atomic mass is 10.2. The molecule has 5 nitrogen and oxygen atoms in total. The Labute approximate surface area is 89.5 Å². The van der Waals surface area contributed by atoms with Crippen LogP contribution >= 0.6 is 0 Å². The predicted molar refractivity (Wildman–Crippen MR) is 56.9 cm³/mol. The summed E-state index contributed by atoms with van der Waals surface area (Å²) in [5, 5.41) is 3.78. The SMILES string of the molecule is CNN1COC(c2ccccc2)N1NC. The fourth-order valence-electron chi connectivity index (χ4n) is 1.67. The van der Waals surface area contributed by atoms with E-state index in [9.17, 15) is 0 Å². The van der Waals surface area contributed by atoms with Crippen molar-refractivity contribution < 1.29 is 4.74 Å². The maximum Gasteiger partial charge on any atom is 0.166 e. The molecule has 0 aliphatic carbocycles. The third kappa shape index (κ3) is 2.01. The zero-order valence-electron chi connectivity index (χ0n) is 8.97. The number of hydrogen-bond donors (Lipinski definition) is 2. The molecule has 0 amide bonds. The number of nitrogens with zero attached hydrogens (tertiary/aromatic N) is 2. The molecule has 1 saturated heterocycles. The monoisotopic (exact) mass is 208 g/mol. The fourth-order valence-corrected chi connectivity index (χ4v) is 1.67. The van der Waals surface area contributed by atoms with Crippen molar-refractivity contribution in [3.05, 3.63) is 35.9 Å². The van der Waals surface area contributed by atoms with Crippen LogP contribution in [0.2, 0.25) is 0 Å². The van der Waals surface area contributed by atoms with Crippen molar-refractivity contribution in [3.63, 3.8) is 0 Å². The van der Waals surface area contributed by atoms with Gasteiger partial charge in [0.05, 0.1) is 0 Å². The Morgan fingerprint density at radius 2 is 1.93 bits per heavy atom. The van der Waals surface area contributed by atoms with Gasteiger partial charge in [-0.3, -0.25) is 0 Å². The van der Waals surface area contributed by atoms with Crippen molar-refractivity contribution >= 4 is 0 Å². The Kier molecular flexibility index (Phi) is 3.30. The standard InChI is InChI=1S/C10H16N4O/c1-11-13-8-15-10(14(13)12-2)9-6-4-3-5-7-9/h3-7,10-12H,8H2,1-2H3. The van der Waals surface area contributed by atoms with Crippen molar-refractivity contribution in [1.29, 1.82) is 0 Å². The highest BCUT2D eigenvalue weighted by Gasteiger charge is 2.32. The first kappa shape index (κ1) is 10.5. The maximum absolute atomic E-state index is 5.67. The normalized spacial score (nSPS) is 23.5. The maximum atomic E-state index is 5.67. The van der Waals surface area contributed by atoms with Gasteiger partial charge in [-0.15, -0.1) is 10.2 Å². The number of hydrogen-bond acceptors (Lipinski definition) is 5. The number of hydrazine groups is 3. The highest BCUT2D eigenvalue weighted by Crippen LogP contribution is 2.26. The van der Waals surface area contributed by atoms with Gasteiger partial charge in [0.25, 0.3) is 0 Å². The largest absolute Gasteiger partial charge is 0.338 e. The lowest BCUT2D eigenvalue weighted by molar-refractivity contribution is -0.0874. The summed E-state index contributed by atoms with van der Waals surface area (Å²) in [7, 11) is 3.73. The van der Waals surface area contributed by atoms with Gasteiger partial charge in [0.15, 0.2) is 6.23 Å². The Balaban J connectivity index is 2.17. The van der Waals surface area contributed by atoms with Gasteiger partial charge in [0.2, 0.25) is 0 Å². The minimum atomic E-state index is -0.0800. The van der Waals surface area contributed by atoms with Crippen molar-refractivity contribution in [1.82, 2.24) is 21.1 Å². The Bertz CT molecular complexity index is 306. The smallest absolute Gasteiger partial charge is 0.166 e. The predicted octanol–water partition coefficient (Wildman–Crippen LogP) is 0.461. The molecule has 1 unspecified atom stereocenters. The van der Waals surface area contributed by atoms with E-state index >= 15 is 0 Å². The molecule has 1 aliphatic rings. The van der Waals surface area contributed by atoms with Crippen molar-refractivity contribution in [2.24, 2.45) is 0 Å². The zero-order valence-corrected chi connectivity index (χ0v) is 8.97. The summed E-state index contributed by atoms with van der Waals surface area (Å²) in [6, 6.07) is 10.1. The van der Waals surface area contributed by atoms with Crippen molar-refractivity contribution in [2.75, 3.05) is 20.8 Å². The molecule has 0 radical (unpaired) electrons. The molecule has 2 rings (SSSR count). The molecule has 5 heteroatoms. The van der Waals surface area contributed by atoms with E-state index in [1.165, 1.54) is 0 Å². The lowest BCUT2D eigenvalue weighted by Gasteiger charge is -2.27. The Morgan fingerprint density at radius 1 is 1.20 bits per heavy atom. The second-order valence-corrected chi connectivity index (χ2v) is 3.25. The Morgan fingerprint density at radius 3 is 2.53 bits per heavy atom. The molecule has 1 aliphatic heterocycles. The van der Waals surface area contributed by atoms with Gasteiger partial charge in [-0.05, 0) is 5.56 Å². The topological polar surface area (TPSA) is 39.8 Å². The number of benzene rings is 1. The van der Waals surface area contributed by atoms with Gasteiger partial charge >= 0.3 is 0 Å². The molecule has 1 atom stereocenters. The molecule has 15 heavy (non-hydrogen) atoms. The van der Waals surface area contributed by atoms with E-state index in [-0.39, 0.29) is 6.23 Å². The molecule has 2 N–H and O–H groups in total. The molecule has 1 aromatic carbocycles. The summed E-state index contributed by atoms with van der Waals surface area (Å²) < 4.78 is 5.67. The minimum absolute atomic E-state index is 0.0800. The van der Waals surface area contributed by atoms with Crippen LogP contribution in [-0.2, 0) is 4.74 Å². The molecule has 82 valence electrons. The van der Waals surface area contributed by atoms with Gasteiger partial charge in [-0.1, -0.05) is 30.3 Å². The number of rotatable bonds is 3. The fraction of sp³-hybridized carbons (Fsp3) is 0.400. The van der Waals surface area contributed by atoms with Crippen LogP contribution in [0.25, 0.3) is 0 Å². The first-order chi connectivity index (χ1) is 7.36. The molecule has 0 bridgehead atoms. The van der Waals surface area contributed by atoms with E-state index in [0.717, 1.165) is 5.56 Å². The molecule has 1 heterocycles. The van der Waals surface area contributed by atoms with Crippen LogP contribution in [0.1, 0.15) is 11.8 Å². The Hall–Kier alpha value is -0.980. The summed E-state index contributed by atoms with van der Waals surface area (Å²) >= 11 is 0. The van der Waals surface area contributed by atoms with Crippen LogP contribution in [0.15, 0.2) is 30.3 Å². The zero-order chi connectivity index (χ0) is 10.7. The second kappa shape index (κ2) is 4.69. The molecular weight excluding hydrogens is 192 g/mol. The van der Waals surface area contributed by atoms with E-state index in [0.29, 0.717) is 6.73 Å². The van der Waals surface area contributed by atoms with Crippen molar-refractivity contribution in [2.45, 2.75) is 6.23 Å². The summed E-state index contributed by atoms with van der Waals surface area (Å²) in [5.41, 5.74) is 7.25. The summed E-state index contributed by atoms with van der Waals surface area (Å²) in [4.78, 5) is 0. The van der Waals surface area contributed by atoms with E-state index < -0.39 is 0 Å². The van der Waals surface area contributed by atoms with Crippen LogP contribution in [0.3, 0.4) is 0 Å². The first-order valence-corrected chi connectivity index (χ1v) is 4.95. The first-order valence-electron chi connectivity index (χ1n) is 4.95. The number of ether oxygens (including phenoxy) is 1. The van der Waals surface area contributed by atoms with Gasteiger partial charge in [-0.25, -0.2) is 10.9 Å². The van der Waals surface area contributed by atoms with Crippen LogP contribution in [-0.4, -0.2) is 31.1 Å². The van der Waals surface area contributed by atoms with Crippen LogP contribution in [0.5, 0.6) is 0 Å². The number of nitrogens with one attached hydrogen (secondary N) is 2. The summed E-state index contributed by atoms with van der Waals surface area (Å²) in [5.74, 6) is 0. The molecule has 0 saturated carbocycles. The van der Waals surface area contributed by atoms with Crippen LogP contribution in [0.4, 0.5) is 0 Å². The quantitative estimate of drug-likeness (QED) is 0.755. The summed E-state index contributed by atoms with van der Waals surface area (Å²) in [6.07, 6.45) is -0.0800. The van der Waals surface area contributed by atoms with E-state index in [4.69, 9.17) is 4.74 Å². The molecule has 1 fully saturated rings. The van der Waals surface area contributed by atoms with Gasteiger partial charge in [-0.2, -0.15) is 0 Å². The van der Waals surface area contributed by atoms with Crippen LogP contribution < -0.4 is 10.9 Å². The van der Waals surface area contributed by atoms with E-state index in [2.05, 4.69) is 10.9 Å². The minimum Gasteiger partial charge on any atom is -0.338 e. The lowest BCUT2D eigenvalue weighted by Crippen LogP contribution is -2.50. The highest BCUT2D eigenvalue weighted by molar-refractivity contribution is 5.17. The average Bonchev–Trinajstić information content (AvgIpc) is 2.72. The van der Waals surface area contributed by atoms with E-state index in [1.54, 1.807) is 0 Å². The van der Waals surface area contributed by atoms with Gasteiger partial charge in [0.1, 0.15) is 6.73 Å².